The van der Waals surface area contributed by atoms with Crippen molar-refractivity contribution in [2.45, 2.75) is 0 Å². The van der Waals surface area contributed by atoms with E-state index in [0.29, 0.717) is 17.1 Å². The van der Waals surface area contributed by atoms with Crippen LogP contribution in [0, 0.1) is 14.9 Å². The van der Waals surface area contributed by atoms with Crippen LogP contribution >= 0.6 is 12.2 Å². The number of nitrogens with one attached hydrogen (secondary N) is 1. The third kappa shape index (κ3) is 3.04. The van der Waals surface area contributed by atoms with E-state index in [1.54, 1.807) is 36.5 Å². The van der Waals surface area contributed by atoms with Crippen molar-refractivity contribution >= 4 is 24.1 Å². The van der Waals surface area contributed by atoms with Crippen molar-refractivity contribution in [3.8, 4) is 11.5 Å². The molecule has 0 spiro atoms. The molecule has 0 fully saturated rings. The van der Waals surface area contributed by atoms with Crippen LogP contribution in [0.2, 0.25) is 0 Å². The molecule has 3 rings (SSSR count). The highest BCUT2D eigenvalue weighted by Gasteiger charge is 2.12. The summed E-state index contributed by atoms with van der Waals surface area (Å²) in [4.78, 5) is 14.8. The quantitative estimate of drug-likeness (QED) is 0.344. The maximum atomic E-state index is 11.0. The number of nitro benzene ring substituents is 1. The molecule has 8 nitrogen and oxygen atoms in total. The molecule has 0 aliphatic heterocycles. The molecule has 9 heteroatoms. The van der Waals surface area contributed by atoms with Gasteiger partial charge in [0.25, 0.3) is 5.69 Å². The van der Waals surface area contributed by atoms with Crippen LogP contribution < -0.4 is 0 Å². The average Bonchev–Trinajstić information content (AvgIpc) is 2.94. The number of nitro groups is 1. The highest BCUT2D eigenvalue weighted by atomic mass is 32.1. The lowest BCUT2D eigenvalue weighted by Crippen LogP contribution is -1.98. The van der Waals surface area contributed by atoms with E-state index in [1.807, 2.05) is 6.07 Å². The van der Waals surface area contributed by atoms with Crippen molar-refractivity contribution < 1.29 is 4.92 Å². The molecule has 0 atom stereocenters. The summed E-state index contributed by atoms with van der Waals surface area (Å²) in [7, 11) is 0. The molecule has 0 saturated carbocycles. The molecule has 0 amide bonds. The second-order valence-corrected chi connectivity index (χ2v) is 4.83. The van der Waals surface area contributed by atoms with Gasteiger partial charge in [0, 0.05) is 12.3 Å². The maximum Gasteiger partial charge on any atom is 0.278 e. The number of nitrogens with zero attached hydrogens (tertiary/aromatic N) is 5. The summed E-state index contributed by atoms with van der Waals surface area (Å²) in [5.41, 5.74) is 0.915. The Kier molecular flexibility index (Phi) is 4.02. The summed E-state index contributed by atoms with van der Waals surface area (Å²) in [6.07, 6.45) is 3.00. The molecule has 1 aromatic carbocycles. The number of rotatable bonds is 4. The summed E-state index contributed by atoms with van der Waals surface area (Å²) in [5.74, 6) is 0.422. The van der Waals surface area contributed by atoms with Crippen LogP contribution in [-0.2, 0) is 0 Å². The van der Waals surface area contributed by atoms with Crippen molar-refractivity contribution in [1.29, 1.82) is 0 Å². The van der Waals surface area contributed by atoms with Gasteiger partial charge in [-0.2, -0.15) is 14.9 Å². The van der Waals surface area contributed by atoms with Gasteiger partial charge in [-0.05, 0) is 30.4 Å². The molecule has 114 valence electrons. The van der Waals surface area contributed by atoms with E-state index < -0.39 is 4.92 Å². The molecule has 2 aromatic heterocycles. The highest BCUT2D eigenvalue weighted by molar-refractivity contribution is 7.71. The van der Waals surface area contributed by atoms with Crippen molar-refractivity contribution in [3.05, 3.63) is 69.1 Å². The minimum absolute atomic E-state index is 0.0364. The first-order chi connectivity index (χ1) is 11.2. The minimum Gasteiger partial charge on any atom is -0.258 e. The zero-order chi connectivity index (χ0) is 16.2. The fraction of sp³-hybridized carbons (Fsp3) is 0. The lowest BCUT2D eigenvalue weighted by atomic mass is 10.2. The lowest BCUT2D eigenvalue weighted by Gasteiger charge is -2.00. The zero-order valence-electron chi connectivity index (χ0n) is 11.7. The third-order valence-electron chi connectivity index (χ3n) is 2.99. The first-order valence-corrected chi connectivity index (χ1v) is 6.94. The van der Waals surface area contributed by atoms with Gasteiger partial charge in [-0.1, -0.05) is 18.2 Å². The van der Waals surface area contributed by atoms with Crippen molar-refractivity contribution in [2.24, 2.45) is 5.10 Å². The number of aromatic nitrogens is 4. The number of pyridine rings is 1. The van der Waals surface area contributed by atoms with Gasteiger partial charge in [0.2, 0.25) is 10.6 Å². The monoisotopic (exact) mass is 326 g/mol. The highest BCUT2D eigenvalue weighted by Crippen LogP contribution is 2.17. The molecule has 0 aliphatic rings. The summed E-state index contributed by atoms with van der Waals surface area (Å²) >= 11 is 5.14. The maximum absolute atomic E-state index is 11.0. The number of hydrogen-bond donors (Lipinski definition) is 1. The van der Waals surface area contributed by atoms with E-state index in [1.165, 1.54) is 17.0 Å². The number of H-pyrrole nitrogens is 1. The number of hydrogen-bond acceptors (Lipinski definition) is 6. The normalized spacial score (nSPS) is 11.0. The number of aromatic amines is 1. The van der Waals surface area contributed by atoms with E-state index in [-0.39, 0.29) is 10.5 Å². The third-order valence-corrected chi connectivity index (χ3v) is 3.25. The smallest absolute Gasteiger partial charge is 0.258 e. The molecule has 0 bridgehead atoms. The van der Waals surface area contributed by atoms with Crippen LogP contribution in [0.15, 0.2) is 53.8 Å². The molecule has 1 N–H and O–H groups in total. The van der Waals surface area contributed by atoms with Gasteiger partial charge in [-0.15, -0.1) is 0 Å². The van der Waals surface area contributed by atoms with Crippen LogP contribution in [0.3, 0.4) is 0 Å². The standard InChI is InChI=1S/C14H10N6O2S/c21-20(22)12-7-2-1-5-10(12)9-16-19-13(17-18-14(19)23)11-6-3-4-8-15-11/h1-9H,(H,18,23)/b16-9-. The first kappa shape index (κ1) is 14.7. The molecule has 0 saturated heterocycles. The van der Waals surface area contributed by atoms with E-state index >= 15 is 0 Å². The van der Waals surface area contributed by atoms with Crippen LogP contribution in [0.4, 0.5) is 5.69 Å². The molecule has 0 aliphatic carbocycles. The Morgan fingerprint density at radius 1 is 1.26 bits per heavy atom. The fourth-order valence-corrected chi connectivity index (χ4v) is 2.12. The van der Waals surface area contributed by atoms with Gasteiger partial charge in [-0.25, -0.2) is 5.10 Å². The predicted molar refractivity (Wildman–Crippen MR) is 86.7 cm³/mol. The van der Waals surface area contributed by atoms with Gasteiger partial charge < -0.3 is 0 Å². The van der Waals surface area contributed by atoms with Gasteiger partial charge >= 0.3 is 0 Å². The molecule has 2 heterocycles. The van der Waals surface area contributed by atoms with Gasteiger partial charge in [-0.3, -0.25) is 15.1 Å². The van der Waals surface area contributed by atoms with Crippen LogP contribution in [0.25, 0.3) is 11.5 Å². The Morgan fingerprint density at radius 2 is 2.04 bits per heavy atom. The Morgan fingerprint density at radius 3 is 2.78 bits per heavy atom. The van der Waals surface area contributed by atoms with Crippen LogP contribution in [-0.4, -0.2) is 31.0 Å². The van der Waals surface area contributed by atoms with Crippen LogP contribution in [0.5, 0.6) is 0 Å². The topological polar surface area (TPSA) is 102 Å². The molecular weight excluding hydrogens is 316 g/mol. The van der Waals surface area contributed by atoms with Crippen molar-refractivity contribution in [1.82, 2.24) is 19.9 Å². The average molecular weight is 326 g/mol. The largest absolute Gasteiger partial charge is 0.278 e. The van der Waals surface area contributed by atoms with Crippen molar-refractivity contribution in [3.63, 3.8) is 0 Å². The molecule has 3 aromatic rings. The first-order valence-electron chi connectivity index (χ1n) is 6.53. The van der Waals surface area contributed by atoms with E-state index in [9.17, 15) is 10.1 Å². The Balaban J connectivity index is 2.04. The SMILES string of the molecule is O=[N+]([O-])c1ccccc1/C=N\n1c(-c2ccccn2)n[nH]c1=S. The molecular formula is C14H10N6O2S. The van der Waals surface area contributed by atoms with E-state index in [2.05, 4.69) is 20.3 Å². The summed E-state index contributed by atoms with van der Waals surface area (Å²) in [6, 6.07) is 11.7. The second-order valence-electron chi connectivity index (χ2n) is 4.44. The molecule has 0 radical (unpaired) electrons. The Bertz CT molecular complexity index is 932. The summed E-state index contributed by atoms with van der Waals surface area (Å²) in [5, 5.41) is 22.0. The van der Waals surface area contributed by atoms with E-state index in [0.717, 1.165) is 0 Å². The number of benzene rings is 1. The molecule has 0 unspecified atom stereocenters. The summed E-state index contributed by atoms with van der Waals surface area (Å²) < 4.78 is 1.63. The Labute approximate surface area is 135 Å². The predicted octanol–water partition coefficient (Wildman–Crippen LogP) is 2.79. The Hall–Kier alpha value is -3.20. The van der Waals surface area contributed by atoms with Gasteiger partial charge in [0.1, 0.15) is 5.69 Å². The van der Waals surface area contributed by atoms with Crippen LogP contribution in [0.1, 0.15) is 5.56 Å². The lowest BCUT2D eigenvalue weighted by molar-refractivity contribution is -0.385. The second kappa shape index (κ2) is 6.28. The molecule has 23 heavy (non-hydrogen) atoms. The fourth-order valence-electron chi connectivity index (χ4n) is 1.94. The van der Waals surface area contributed by atoms with Gasteiger partial charge in [0.15, 0.2) is 0 Å². The summed E-state index contributed by atoms with van der Waals surface area (Å²) in [6.45, 7) is 0. The van der Waals surface area contributed by atoms with Gasteiger partial charge in [0.05, 0.1) is 16.7 Å². The minimum atomic E-state index is -0.463. The zero-order valence-corrected chi connectivity index (χ0v) is 12.5. The van der Waals surface area contributed by atoms with E-state index in [4.69, 9.17) is 12.2 Å². The number of para-hydroxylation sites is 1. The van der Waals surface area contributed by atoms with Crippen molar-refractivity contribution in [2.75, 3.05) is 0 Å².